The van der Waals surface area contributed by atoms with Gasteiger partial charge in [0.1, 0.15) is 5.39 Å². The van der Waals surface area contributed by atoms with E-state index in [1.165, 1.54) is 21.4 Å². The molecule has 3 aromatic rings. The van der Waals surface area contributed by atoms with Gasteiger partial charge in [0.2, 0.25) is 0 Å². The van der Waals surface area contributed by atoms with E-state index in [2.05, 4.69) is 15.4 Å². The van der Waals surface area contributed by atoms with Gasteiger partial charge in [-0.15, -0.1) is 0 Å². The van der Waals surface area contributed by atoms with Crippen molar-refractivity contribution in [2.45, 2.75) is 30.7 Å². The van der Waals surface area contributed by atoms with E-state index in [4.69, 9.17) is 0 Å². The van der Waals surface area contributed by atoms with E-state index in [1.807, 2.05) is 0 Å². The normalized spacial score (nSPS) is 15.9. The zero-order valence-electron chi connectivity index (χ0n) is 15.6. The summed E-state index contributed by atoms with van der Waals surface area (Å²) in [6.45, 7) is 3.25. The summed E-state index contributed by atoms with van der Waals surface area (Å²) >= 11 is 0. The molecule has 0 radical (unpaired) electrons. The lowest BCUT2D eigenvalue weighted by Crippen LogP contribution is -2.42. The van der Waals surface area contributed by atoms with Gasteiger partial charge in [-0.3, -0.25) is 14.3 Å². The Hall–Kier alpha value is -2.72. The van der Waals surface area contributed by atoms with E-state index in [-0.39, 0.29) is 16.5 Å². The molecule has 1 saturated heterocycles. The van der Waals surface area contributed by atoms with E-state index < -0.39 is 15.5 Å². The largest absolute Gasteiger partial charge is 0.330 e. The molecule has 0 atom stereocenters. The number of aryl methyl sites for hydroxylation is 1. The lowest BCUT2D eigenvalue weighted by atomic mass is 10.1. The minimum atomic E-state index is -3.32. The molecule has 28 heavy (non-hydrogen) atoms. The molecule has 0 spiro atoms. The van der Waals surface area contributed by atoms with Gasteiger partial charge >= 0.3 is 5.69 Å². The second-order valence-electron chi connectivity index (χ2n) is 7.07. The van der Waals surface area contributed by atoms with E-state index in [0.717, 1.165) is 19.3 Å². The summed E-state index contributed by atoms with van der Waals surface area (Å²) in [6, 6.07) is 6.00. The SMILES string of the molecule is Cc1nn(-c2ccc(S(C)(=O)=O)cc2)c2[nH]c(=O)n(C3CCNCC3)c(=O)c12. The molecule has 3 heterocycles. The van der Waals surface area contributed by atoms with E-state index >= 15 is 0 Å². The molecule has 9 nitrogen and oxygen atoms in total. The molecule has 0 amide bonds. The number of aromatic amines is 1. The highest BCUT2D eigenvalue weighted by atomic mass is 32.2. The van der Waals surface area contributed by atoms with Crippen molar-refractivity contribution in [3.63, 3.8) is 0 Å². The quantitative estimate of drug-likeness (QED) is 0.658. The zero-order chi connectivity index (χ0) is 20.1. The number of sulfone groups is 1. The van der Waals surface area contributed by atoms with Crippen LogP contribution in [0.2, 0.25) is 0 Å². The van der Waals surface area contributed by atoms with Crippen molar-refractivity contribution < 1.29 is 8.42 Å². The molecule has 1 aliphatic rings. The van der Waals surface area contributed by atoms with Crippen LogP contribution in [0.15, 0.2) is 38.8 Å². The molecule has 0 saturated carbocycles. The lowest BCUT2D eigenvalue weighted by molar-refractivity contribution is 0.352. The first kappa shape index (κ1) is 18.6. The van der Waals surface area contributed by atoms with E-state index in [0.29, 0.717) is 35.3 Å². The fourth-order valence-electron chi connectivity index (χ4n) is 3.69. The number of aromatic nitrogens is 4. The van der Waals surface area contributed by atoms with Crippen LogP contribution in [0.4, 0.5) is 0 Å². The Morgan fingerprint density at radius 3 is 2.36 bits per heavy atom. The number of benzene rings is 1. The number of nitrogens with one attached hydrogen (secondary N) is 2. The molecule has 1 aliphatic heterocycles. The molecular weight excluding hydrogens is 382 g/mol. The van der Waals surface area contributed by atoms with Crippen LogP contribution in [0.3, 0.4) is 0 Å². The maximum atomic E-state index is 13.1. The highest BCUT2D eigenvalue weighted by Crippen LogP contribution is 2.20. The smallest absolute Gasteiger partial charge is 0.317 e. The minimum absolute atomic E-state index is 0.140. The van der Waals surface area contributed by atoms with Crippen molar-refractivity contribution in [3.05, 3.63) is 50.8 Å². The van der Waals surface area contributed by atoms with Gasteiger partial charge in [-0.2, -0.15) is 5.10 Å². The Morgan fingerprint density at radius 2 is 1.75 bits per heavy atom. The maximum absolute atomic E-state index is 13.1. The van der Waals surface area contributed by atoms with Crippen LogP contribution >= 0.6 is 0 Å². The Labute approximate surface area is 160 Å². The molecule has 2 N–H and O–H groups in total. The van der Waals surface area contributed by atoms with E-state index in [9.17, 15) is 18.0 Å². The predicted octanol–water partition coefficient (Wildman–Crippen LogP) is 0.512. The molecule has 0 aliphatic carbocycles. The number of fused-ring (bicyclic) bond motifs is 1. The number of hydrogen-bond donors (Lipinski definition) is 2. The third kappa shape index (κ3) is 3.08. The third-order valence-corrected chi connectivity index (χ3v) is 6.25. The van der Waals surface area contributed by atoms with Crippen molar-refractivity contribution in [2.24, 2.45) is 0 Å². The van der Waals surface area contributed by atoms with Crippen molar-refractivity contribution in [1.82, 2.24) is 24.6 Å². The molecule has 10 heteroatoms. The molecule has 0 unspecified atom stereocenters. The Bertz CT molecular complexity index is 1260. The summed E-state index contributed by atoms with van der Waals surface area (Å²) in [5, 5.41) is 8.00. The van der Waals surface area contributed by atoms with Gasteiger partial charge in [0.05, 0.1) is 16.3 Å². The number of hydrogen-bond acceptors (Lipinski definition) is 6. The maximum Gasteiger partial charge on any atom is 0.330 e. The fourth-order valence-corrected chi connectivity index (χ4v) is 4.32. The standard InChI is InChI=1S/C18H21N5O4S/c1-11-15-16(20-18(25)22(17(15)24)12-7-9-19-10-8-12)23(21-11)13-3-5-14(6-4-13)28(2,26)27/h3-6,12,19H,7-10H2,1-2H3,(H,20,25). The van der Waals surface area contributed by atoms with Crippen LogP contribution in [-0.2, 0) is 9.84 Å². The molecule has 2 aromatic heterocycles. The second kappa shape index (κ2) is 6.71. The highest BCUT2D eigenvalue weighted by molar-refractivity contribution is 7.90. The van der Waals surface area contributed by atoms with Gasteiger partial charge in [-0.1, -0.05) is 0 Å². The van der Waals surface area contributed by atoms with Crippen molar-refractivity contribution in [1.29, 1.82) is 0 Å². The Kier molecular flexibility index (Phi) is 4.47. The summed E-state index contributed by atoms with van der Waals surface area (Å²) in [5.41, 5.74) is 0.566. The van der Waals surface area contributed by atoms with Crippen LogP contribution in [0, 0.1) is 6.92 Å². The monoisotopic (exact) mass is 403 g/mol. The van der Waals surface area contributed by atoms with E-state index in [1.54, 1.807) is 19.1 Å². The summed E-state index contributed by atoms with van der Waals surface area (Å²) < 4.78 is 26.1. The first-order valence-electron chi connectivity index (χ1n) is 9.03. The molecule has 0 bridgehead atoms. The number of H-pyrrole nitrogens is 1. The number of nitrogens with zero attached hydrogens (tertiary/aromatic N) is 3. The first-order chi connectivity index (χ1) is 13.3. The molecule has 4 rings (SSSR count). The van der Waals surface area contributed by atoms with Crippen LogP contribution in [-0.4, -0.2) is 47.1 Å². The van der Waals surface area contributed by atoms with Crippen molar-refractivity contribution in [2.75, 3.05) is 19.3 Å². The lowest BCUT2D eigenvalue weighted by Gasteiger charge is -2.23. The van der Waals surface area contributed by atoms with Crippen LogP contribution < -0.4 is 16.6 Å². The zero-order valence-corrected chi connectivity index (χ0v) is 16.4. The molecule has 1 fully saturated rings. The molecular formula is C18H21N5O4S. The third-order valence-electron chi connectivity index (χ3n) is 5.12. The number of rotatable bonds is 3. The molecule has 148 valence electrons. The van der Waals surface area contributed by atoms with Crippen LogP contribution in [0.1, 0.15) is 24.6 Å². The average Bonchev–Trinajstić information content (AvgIpc) is 2.98. The predicted molar refractivity (Wildman–Crippen MR) is 105 cm³/mol. The second-order valence-corrected chi connectivity index (χ2v) is 9.09. The summed E-state index contributed by atoms with van der Waals surface area (Å²) in [7, 11) is -3.32. The van der Waals surface area contributed by atoms with Gasteiger partial charge in [0.15, 0.2) is 15.5 Å². The summed E-state index contributed by atoms with van der Waals surface area (Å²) in [6.07, 6.45) is 2.57. The van der Waals surface area contributed by atoms with Crippen molar-refractivity contribution >= 4 is 20.9 Å². The van der Waals surface area contributed by atoms with Gasteiger partial charge in [0, 0.05) is 12.3 Å². The first-order valence-corrected chi connectivity index (χ1v) is 10.9. The number of piperidine rings is 1. The van der Waals surface area contributed by atoms with Crippen LogP contribution in [0.5, 0.6) is 0 Å². The highest BCUT2D eigenvalue weighted by Gasteiger charge is 2.23. The average molecular weight is 403 g/mol. The topological polar surface area (TPSA) is 119 Å². The Morgan fingerprint density at radius 1 is 1.11 bits per heavy atom. The van der Waals surface area contributed by atoms with Gasteiger partial charge in [-0.25, -0.2) is 17.9 Å². The summed E-state index contributed by atoms with van der Waals surface area (Å²) in [5.74, 6) is 0. The van der Waals surface area contributed by atoms with Gasteiger partial charge in [-0.05, 0) is 57.1 Å². The molecule has 1 aromatic carbocycles. The Balaban J connectivity index is 1.88. The van der Waals surface area contributed by atoms with Gasteiger partial charge in [0.25, 0.3) is 5.56 Å². The van der Waals surface area contributed by atoms with Crippen LogP contribution in [0.25, 0.3) is 16.7 Å². The minimum Gasteiger partial charge on any atom is -0.317 e. The van der Waals surface area contributed by atoms with Gasteiger partial charge < -0.3 is 5.32 Å². The van der Waals surface area contributed by atoms with Crippen molar-refractivity contribution in [3.8, 4) is 5.69 Å². The fraction of sp³-hybridized carbons (Fsp3) is 0.389. The summed E-state index contributed by atoms with van der Waals surface area (Å²) in [4.78, 5) is 28.8.